The highest BCUT2D eigenvalue weighted by atomic mass is 14.8. The molecule has 2 heteroatoms. The molecule has 1 N–H and O–H groups in total. The molecule has 0 aliphatic heterocycles. The summed E-state index contributed by atoms with van der Waals surface area (Å²) < 4.78 is 0. The molecule has 80 valence electrons. The largest absolute Gasteiger partial charge is 0.357 e. The number of aromatic nitrogens is 2. The summed E-state index contributed by atoms with van der Waals surface area (Å²) in [5.74, 6) is 0. The van der Waals surface area contributed by atoms with Crippen LogP contribution in [0.3, 0.4) is 0 Å². The van der Waals surface area contributed by atoms with E-state index in [-0.39, 0.29) is 5.41 Å². The minimum absolute atomic E-state index is 0.230. The van der Waals surface area contributed by atoms with E-state index in [1.54, 1.807) is 0 Å². The van der Waals surface area contributed by atoms with E-state index in [1.165, 1.54) is 23.9 Å². The standard InChI is InChI=1S/C13H18N2/c1-4-6-13(2,3)12-8-10-5-7-14-9-11(10)15-12/h5,7-9,15H,4,6H2,1-3H3. The Balaban J connectivity index is 2.44. The predicted molar refractivity (Wildman–Crippen MR) is 64.0 cm³/mol. The Morgan fingerprint density at radius 3 is 2.87 bits per heavy atom. The first kappa shape index (κ1) is 10.2. The predicted octanol–water partition coefficient (Wildman–Crippen LogP) is 3.64. The lowest BCUT2D eigenvalue weighted by molar-refractivity contribution is 0.463. The van der Waals surface area contributed by atoms with Gasteiger partial charge in [0.2, 0.25) is 0 Å². The van der Waals surface area contributed by atoms with Gasteiger partial charge in [-0.3, -0.25) is 4.98 Å². The third-order valence-corrected chi connectivity index (χ3v) is 3.03. The third-order valence-electron chi connectivity index (χ3n) is 3.03. The van der Waals surface area contributed by atoms with Crippen molar-refractivity contribution in [2.45, 2.75) is 39.0 Å². The van der Waals surface area contributed by atoms with Crippen LogP contribution >= 0.6 is 0 Å². The average molecular weight is 202 g/mol. The van der Waals surface area contributed by atoms with E-state index < -0.39 is 0 Å². The maximum Gasteiger partial charge on any atom is 0.0642 e. The molecule has 0 aromatic carbocycles. The number of nitrogens with one attached hydrogen (secondary N) is 1. The summed E-state index contributed by atoms with van der Waals surface area (Å²) in [4.78, 5) is 7.58. The van der Waals surface area contributed by atoms with Crippen molar-refractivity contribution in [1.29, 1.82) is 0 Å². The fraction of sp³-hybridized carbons (Fsp3) is 0.462. The van der Waals surface area contributed by atoms with Crippen molar-refractivity contribution >= 4 is 10.9 Å². The van der Waals surface area contributed by atoms with E-state index in [4.69, 9.17) is 0 Å². The fourth-order valence-electron chi connectivity index (χ4n) is 2.10. The van der Waals surface area contributed by atoms with E-state index in [0.29, 0.717) is 0 Å². The van der Waals surface area contributed by atoms with E-state index >= 15 is 0 Å². The summed E-state index contributed by atoms with van der Waals surface area (Å²) in [6, 6.07) is 4.30. The van der Waals surface area contributed by atoms with Crippen molar-refractivity contribution in [2.75, 3.05) is 0 Å². The van der Waals surface area contributed by atoms with Crippen molar-refractivity contribution in [1.82, 2.24) is 9.97 Å². The number of fused-ring (bicyclic) bond motifs is 1. The smallest absolute Gasteiger partial charge is 0.0642 e. The zero-order valence-corrected chi connectivity index (χ0v) is 9.67. The topological polar surface area (TPSA) is 28.7 Å². The van der Waals surface area contributed by atoms with Crippen molar-refractivity contribution in [3.63, 3.8) is 0 Å². The van der Waals surface area contributed by atoms with Gasteiger partial charge in [-0.05, 0) is 18.6 Å². The van der Waals surface area contributed by atoms with E-state index in [9.17, 15) is 0 Å². The molecule has 0 spiro atoms. The molecule has 0 amide bonds. The van der Waals surface area contributed by atoms with Crippen LogP contribution in [0.2, 0.25) is 0 Å². The summed E-state index contributed by atoms with van der Waals surface area (Å²) in [7, 11) is 0. The molecule has 0 atom stereocenters. The van der Waals surface area contributed by atoms with E-state index in [1.807, 2.05) is 12.4 Å². The van der Waals surface area contributed by atoms with Crippen LogP contribution in [0.5, 0.6) is 0 Å². The third kappa shape index (κ3) is 1.89. The fourth-order valence-corrected chi connectivity index (χ4v) is 2.10. The molecular weight excluding hydrogens is 184 g/mol. The lowest BCUT2D eigenvalue weighted by atomic mass is 9.85. The molecule has 0 radical (unpaired) electrons. The van der Waals surface area contributed by atoms with E-state index in [0.717, 1.165) is 5.52 Å². The number of hydrogen-bond acceptors (Lipinski definition) is 1. The lowest BCUT2D eigenvalue weighted by Crippen LogP contribution is -2.16. The average Bonchev–Trinajstić information content (AvgIpc) is 2.61. The van der Waals surface area contributed by atoms with Crippen LogP contribution in [0.1, 0.15) is 39.3 Å². The molecule has 0 aliphatic rings. The molecule has 2 heterocycles. The van der Waals surface area contributed by atoms with Crippen molar-refractivity contribution < 1.29 is 0 Å². The Bertz CT molecular complexity index is 421. The van der Waals surface area contributed by atoms with Crippen LogP contribution in [-0.4, -0.2) is 9.97 Å². The lowest BCUT2D eigenvalue weighted by Gasteiger charge is -2.22. The normalized spacial score (nSPS) is 12.2. The van der Waals surface area contributed by atoms with Gasteiger partial charge in [-0.15, -0.1) is 0 Å². The first-order valence-corrected chi connectivity index (χ1v) is 5.57. The Labute approximate surface area is 90.7 Å². The molecule has 0 bridgehead atoms. The zero-order valence-electron chi connectivity index (χ0n) is 9.67. The minimum atomic E-state index is 0.230. The second-order valence-corrected chi connectivity index (χ2v) is 4.78. The van der Waals surface area contributed by atoms with Gasteiger partial charge in [-0.25, -0.2) is 0 Å². The first-order chi connectivity index (χ1) is 7.13. The molecule has 0 fully saturated rings. The van der Waals surface area contributed by atoms with Gasteiger partial charge in [0.1, 0.15) is 0 Å². The summed E-state index contributed by atoms with van der Waals surface area (Å²) in [5, 5.41) is 1.25. The van der Waals surface area contributed by atoms with Gasteiger partial charge in [0.15, 0.2) is 0 Å². The summed E-state index contributed by atoms with van der Waals surface area (Å²) in [6.45, 7) is 6.80. The first-order valence-electron chi connectivity index (χ1n) is 5.57. The molecule has 15 heavy (non-hydrogen) atoms. The van der Waals surface area contributed by atoms with Gasteiger partial charge in [0.25, 0.3) is 0 Å². The van der Waals surface area contributed by atoms with Crippen molar-refractivity contribution in [2.24, 2.45) is 0 Å². The van der Waals surface area contributed by atoms with Crippen LogP contribution in [0.4, 0.5) is 0 Å². The maximum atomic E-state index is 4.12. The van der Waals surface area contributed by atoms with Crippen LogP contribution in [0, 0.1) is 0 Å². The number of rotatable bonds is 3. The van der Waals surface area contributed by atoms with Crippen LogP contribution in [0.25, 0.3) is 10.9 Å². The summed E-state index contributed by atoms with van der Waals surface area (Å²) in [5.41, 5.74) is 2.68. The Morgan fingerprint density at radius 2 is 2.20 bits per heavy atom. The van der Waals surface area contributed by atoms with Gasteiger partial charge >= 0.3 is 0 Å². The Morgan fingerprint density at radius 1 is 1.40 bits per heavy atom. The number of hydrogen-bond donors (Lipinski definition) is 1. The number of H-pyrrole nitrogens is 1. The number of nitrogens with zero attached hydrogens (tertiary/aromatic N) is 1. The molecular formula is C13H18N2. The van der Waals surface area contributed by atoms with Gasteiger partial charge in [-0.2, -0.15) is 0 Å². The molecule has 0 aliphatic carbocycles. The van der Waals surface area contributed by atoms with Crippen LogP contribution < -0.4 is 0 Å². The second-order valence-electron chi connectivity index (χ2n) is 4.78. The molecule has 2 nitrogen and oxygen atoms in total. The molecule has 0 saturated carbocycles. The highest BCUT2D eigenvalue weighted by molar-refractivity contribution is 5.79. The maximum absolute atomic E-state index is 4.12. The van der Waals surface area contributed by atoms with Gasteiger partial charge in [0, 0.05) is 22.7 Å². The second kappa shape index (κ2) is 3.69. The van der Waals surface area contributed by atoms with Crippen LogP contribution in [-0.2, 0) is 5.41 Å². The van der Waals surface area contributed by atoms with Crippen molar-refractivity contribution in [3.8, 4) is 0 Å². The van der Waals surface area contributed by atoms with Gasteiger partial charge < -0.3 is 4.98 Å². The monoisotopic (exact) mass is 202 g/mol. The number of pyridine rings is 1. The quantitative estimate of drug-likeness (QED) is 0.808. The molecule has 2 rings (SSSR count). The van der Waals surface area contributed by atoms with Crippen LogP contribution in [0.15, 0.2) is 24.5 Å². The Hall–Kier alpha value is -1.31. The van der Waals surface area contributed by atoms with Crippen molar-refractivity contribution in [3.05, 3.63) is 30.2 Å². The molecule has 0 saturated heterocycles. The molecule has 2 aromatic heterocycles. The number of aromatic amines is 1. The summed E-state index contributed by atoms with van der Waals surface area (Å²) >= 11 is 0. The minimum Gasteiger partial charge on any atom is -0.357 e. The highest BCUT2D eigenvalue weighted by Crippen LogP contribution is 2.29. The SMILES string of the molecule is CCCC(C)(C)c1cc2ccncc2[nH]1. The molecule has 0 unspecified atom stereocenters. The Kier molecular flexibility index (Phi) is 2.51. The highest BCUT2D eigenvalue weighted by Gasteiger charge is 2.21. The zero-order chi connectivity index (χ0) is 10.9. The van der Waals surface area contributed by atoms with Gasteiger partial charge in [0.05, 0.1) is 11.7 Å². The van der Waals surface area contributed by atoms with Gasteiger partial charge in [-0.1, -0.05) is 27.2 Å². The van der Waals surface area contributed by atoms with E-state index in [2.05, 4.69) is 42.9 Å². The molecule has 2 aromatic rings. The summed E-state index contributed by atoms with van der Waals surface area (Å²) in [6.07, 6.45) is 6.14.